The summed E-state index contributed by atoms with van der Waals surface area (Å²) in [5.74, 6) is 0.362. The molecule has 1 amide bonds. The van der Waals surface area contributed by atoms with Gasteiger partial charge >= 0.3 is 0 Å². The summed E-state index contributed by atoms with van der Waals surface area (Å²) in [4.78, 5) is 32.1. The maximum absolute atomic E-state index is 16.5. The number of carbonyl (C=O) groups excluding carboxylic acids is 2. The molecule has 6 fully saturated rings. The second-order valence-corrected chi connectivity index (χ2v) is 16.3. The molecule has 3 saturated heterocycles. The minimum atomic E-state index is -1.26. The van der Waals surface area contributed by atoms with Crippen LogP contribution in [-0.2, 0) is 14.3 Å². The first-order chi connectivity index (χ1) is 20.4. The smallest absolute Gasteiger partial charge is 0.258 e. The van der Waals surface area contributed by atoms with Crippen molar-refractivity contribution in [3.8, 4) is 0 Å². The number of hydroxylamine groups is 2. The Hall–Kier alpha value is -1.55. The molecule has 9 unspecified atom stereocenters. The molecule has 9 heteroatoms. The predicted octanol–water partition coefficient (Wildman–Crippen LogP) is 4.60. The summed E-state index contributed by atoms with van der Waals surface area (Å²) in [6, 6.07) is -0.692. The van der Waals surface area contributed by atoms with Crippen molar-refractivity contribution in [2.45, 2.75) is 158 Å². The lowest BCUT2D eigenvalue weighted by Crippen LogP contribution is -2.74. The highest BCUT2D eigenvalue weighted by atomic mass is 19.1. The zero-order valence-corrected chi connectivity index (χ0v) is 26.6. The van der Waals surface area contributed by atoms with Crippen LogP contribution in [0.4, 0.5) is 4.39 Å². The number of nitrogens with zero attached hydrogens (tertiary/aromatic N) is 3. The van der Waals surface area contributed by atoms with Crippen LogP contribution in [0.5, 0.6) is 0 Å². The summed E-state index contributed by atoms with van der Waals surface area (Å²) in [5.41, 5.74) is -0.648. The lowest BCUT2D eigenvalue weighted by molar-refractivity contribution is -0.249. The van der Waals surface area contributed by atoms with Gasteiger partial charge in [-0.1, -0.05) is 25.7 Å². The van der Waals surface area contributed by atoms with Crippen LogP contribution < -0.4 is 5.32 Å². The molecule has 4 heterocycles. The molecule has 0 bridgehead atoms. The average Bonchev–Trinajstić information content (AvgIpc) is 2.97. The van der Waals surface area contributed by atoms with E-state index in [1.807, 2.05) is 38.8 Å². The predicted molar refractivity (Wildman–Crippen MR) is 161 cm³/mol. The Balaban J connectivity index is 1.22. The fraction of sp³-hybridized carbons (Fsp3) is 0.882. The van der Waals surface area contributed by atoms with Crippen LogP contribution in [0.15, 0.2) is 11.8 Å². The lowest BCUT2D eigenvalue weighted by Gasteiger charge is -2.61. The van der Waals surface area contributed by atoms with Gasteiger partial charge in [0.15, 0.2) is 5.78 Å². The second-order valence-electron chi connectivity index (χ2n) is 16.3. The van der Waals surface area contributed by atoms with Gasteiger partial charge in [-0.25, -0.2) is 4.39 Å². The standard InChI is InChI=1S/C34H53FN4O4/c1-33(2)17-22(18-34(3,4)39(33)42)36-28-25(35)16-23-29-31(28)43-27-15-21-11-7-6-10-20(21)14-26(27)38(29)19-24(30(23)40)32(41)37-12-8-5-9-13-37/h19-23,25-29,31,36,42H,5-18H2,1-4H3. The third-order valence-electron chi connectivity index (χ3n) is 12.4. The molecule has 7 rings (SSSR count). The highest BCUT2D eigenvalue weighted by molar-refractivity contribution is 6.20. The first-order valence-corrected chi connectivity index (χ1v) is 17.3. The van der Waals surface area contributed by atoms with Crippen molar-refractivity contribution in [2.75, 3.05) is 13.1 Å². The first kappa shape index (κ1) is 30.1. The number of fused-ring (bicyclic) bond motifs is 3. The molecule has 0 radical (unpaired) electrons. The van der Waals surface area contributed by atoms with E-state index in [0.29, 0.717) is 37.8 Å². The van der Waals surface area contributed by atoms with Crippen LogP contribution in [0.3, 0.4) is 0 Å². The molecule has 240 valence electrons. The summed E-state index contributed by atoms with van der Waals surface area (Å²) < 4.78 is 23.5. The van der Waals surface area contributed by atoms with E-state index >= 15 is 4.39 Å². The van der Waals surface area contributed by atoms with Gasteiger partial charge in [0.05, 0.1) is 35.9 Å². The van der Waals surface area contributed by atoms with E-state index in [-0.39, 0.29) is 47.9 Å². The van der Waals surface area contributed by atoms with Gasteiger partial charge in [-0.05, 0) is 90.9 Å². The van der Waals surface area contributed by atoms with Crippen molar-refractivity contribution in [1.82, 2.24) is 20.2 Å². The molecule has 0 aromatic heterocycles. The fourth-order valence-corrected chi connectivity index (χ4v) is 10.6. The van der Waals surface area contributed by atoms with Crippen LogP contribution in [-0.4, -0.2) is 98.5 Å². The number of likely N-dealkylation sites (tertiary alicyclic amines) is 1. The van der Waals surface area contributed by atoms with E-state index in [1.165, 1.54) is 30.7 Å². The summed E-state index contributed by atoms with van der Waals surface area (Å²) in [7, 11) is 0. The highest BCUT2D eigenvalue weighted by Crippen LogP contribution is 2.50. The minimum Gasteiger partial charge on any atom is -0.369 e. The molecule has 2 N–H and O–H groups in total. The van der Waals surface area contributed by atoms with Crippen molar-refractivity contribution in [3.05, 3.63) is 11.8 Å². The van der Waals surface area contributed by atoms with Gasteiger partial charge in [0.25, 0.3) is 5.91 Å². The Morgan fingerprint density at radius 2 is 1.63 bits per heavy atom. The molecule has 43 heavy (non-hydrogen) atoms. The van der Waals surface area contributed by atoms with Gasteiger partial charge in [-0.3, -0.25) is 9.59 Å². The monoisotopic (exact) mass is 600 g/mol. The van der Waals surface area contributed by atoms with Gasteiger partial charge in [0.2, 0.25) is 0 Å². The molecular formula is C34H53FN4O4. The molecule has 8 nitrogen and oxygen atoms in total. The normalized spacial score (nSPS) is 42.9. The average molecular weight is 601 g/mol. The van der Waals surface area contributed by atoms with Crippen molar-refractivity contribution >= 4 is 11.7 Å². The quantitative estimate of drug-likeness (QED) is 0.458. The number of morpholine rings is 1. The number of piperidine rings is 2. The number of ketones is 1. The molecule has 3 aliphatic carbocycles. The fourth-order valence-electron chi connectivity index (χ4n) is 10.6. The molecule has 3 saturated carbocycles. The largest absolute Gasteiger partial charge is 0.369 e. The van der Waals surface area contributed by atoms with E-state index in [9.17, 15) is 14.8 Å². The van der Waals surface area contributed by atoms with E-state index in [0.717, 1.165) is 32.1 Å². The van der Waals surface area contributed by atoms with Gasteiger partial charge < -0.3 is 25.1 Å². The van der Waals surface area contributed by atoms with Gasteiger partial charge in [0.1, 0.15) is 6.17 Å². The molecule has 0 aromatic carbocycles. The van der Waals surface area contributed by atoms with E-state index in [4.69, 9.17) is 4.74 Å². The number of amides is 1. The van der Waals surface area contributed by atoms with Gasteiger partial charge in [0, 0.05) is 42.3 Å². The number of rotatable bonds is 3. The van der Waals surface area contributed by atoms with Gasteiger partial charge in [-0.15, -0.1) is 0 Å². The van der Waals surface area contributed by atoms with E-state index < -0.39 is 35.3 Å². The number of carbonyl (C=O) groups is 2. The van der Waals surface area contributed by atoms with Crippen LogP contribution in [0.2, 0.25) is 0 Å². The number of Topliss-reactive ketones (excluding diaryl/α,β-unsaturated/α-hetero) is 1. The number of hydrogen-bond donors (Lipinski definition) is 2. The summed E-state index contributed by atoms with van der Waals surface area (Å²) in [6.07, 6.45) is 11.7. The Morgan fingerprint density at radius 1 is 0.977 bits per heavy atom. The van der Waals surface area contributed by atoms with E-state index in [1.54, 1.807) is 0 Å². The number of alkyl halides is 1. The number of halogens is 1. The summed E-state index contributed by atoms with van der Waals surface area (Å²) in [5, 5.41) is 16.0. The Bertz CT molecular complexity index is 1120. The lowest BCUT2D eigenvalue weighted by atomic mass is 9.64. The number of hydrogen-bond acceptors (Lipinski definition) is 7. The number of nitrogens with one attached hydrogen (secondary N) is 1. The molecular weight excluding hydrogens is 547 g/mol. The van der Waals surface area contributed by atoms with Crippen LogP contribution in [0.25, 0.3) is 0 Å². The molecule has 0 aromatic rings. The van der Waals surface area contributed by atoms with E-state index in [2.05, 4.69) is 10.2 Å². The molecule has 0 spiro atoms. The summed E-state index contributed by atoms with van der Waals surface area (Å²) >= 11 is 0. The Morgan fingerprint density at radius 3 is 2.30 bits per heavy atom. The topological polar surface area (TPSA) is 85.4 Å². The SMILES string of the molecule is CC1(C)CC(NC2C(F)CC3C(=O)C(C(=O)N4CCCCC4)=CN4C5CC6CCCCC6CC5OC2C34)CC(C)(C)N1O. The molecule has 4 aliphatic heterocycles. The maximum atomic E-state index is 16.5. The highest BCUT2D eigenvalue weighted by Gasteiger charge is 2.60. The number of ether oxygens (including phenoxy) is 1. The van der Waals surface area contributed by atoms with Crippen molar-refractivity contribution in [1.29, 1.82) is 0 Å². The zero-order valence-electron chi connectivity index (χ0n) is 26.6. The van der Waals surface area contributed by atoms with Crippen molar-refractivity contribution in [3.63, 3.8) is 0 Å². The van der Waals surface area contributed by atoms with Gasteiger partial charge in [-0.2, -0.15) is 5.06 Å². The van der Waals surface area contributed by atoms with Crippen molar-refractivity contribution in [2.24, 2.45) is 17.8 Å². The second kappa shape index (κ2) is 11.1. The van der Waals surface area contributed by atoms with Crippen LogP contribution in [0.1, 0.15) is 105 Å². The van der Waals surface area contributed by atoms with Crippen molar-refractivity contribution < 1.29 is 23.9 Å². The third-order valence-corrected chi connectivity index (χ3v) is 12.4. The zero-order chi connectivity index (χ0) is 30.3. The minimum absolute atomic E-state index is 0.00290. The maximum Gasteiger partial charge on any atom is 0.258 e. The summed E-state index contributed by atoms with van der Waals surface area (Å²) in [6.45, 7) is 9.51. The molecule has 9 atom stereocenters. The van der Waals surface area contributed by atoms with Crippen LogP contribution >= 0.6 is 0 Å². The Kier molecular flexibility index (Phi) is 7.75. The Labute approximate surface area is 256 Å². The third kappa shape index (κ3) is 5.18. The van der Waals surface area contributed by atoms with Crippen LogP contribution in [0, 0.1) is 17.8 Å². The first-order valence-electron chi connectivity index (χ1n) is 17.3. The molecule has 7 aliphatic rings.